The summed E-state index contributed by atoms with van der Waals surface area (Å²) in [6.07, 6.45) is 0.867. The molecule has 0 atom stereocenters. The summed E-state index contributed by atoms with van der Waals surface area (Å²) >= 11 is -0.987. The van der Waals surface area contributed by atoms with E-state index in [0.717, 1.165) is 13.2 Å². The van der Waals surface area contributed by atoms with Gasteiger partial charge in [0, 0.05) is 13.2 Å². The molecule has 0 amide bonds. The predicted molar refractivity (Wildman–Crippen MR) is 105 cm³/mol. The normalized spacial score (nSPS) is 12.0. The molecule has 28 heavy (non-hydrogen) atoms. The molecule has 0 unspecified atom stereocenters. The number of ether oxygens (including phenoxy) is 1. The van der Waals surface area contributed by atoms with Crippen LogP contribution in [0.25, 0.3) is 0 Å². The van der Waals surface area contributed by atoms with E-state index in [1.165, 1.54) is 51.4 Å². The summed E-state index contributed by atoms with van der Waals surface area (Å²) in [7, 11) is 0. The zero-order chi connectivity index (χ0) is 21.7. The van der Waals surface area contributed by atoms with Gasteiger partial charge in [0.25, 0.3) is 0 Å². The zero-order valence-electron chi connectivity index (χ0n) is 17.5. The summed E-state index contributed by atoms with van der Waals surface area (Å²) in [6, 6.07) is 0. The van der Waals surface area contributed by atoms with E-state index in [-0.39, 0.29) is 12.8 Å². The standard InChI is InChI=1S/C12H26O.2C4H6F3.Sn/c1-3-5-7-9-11-13-12-10-8-6-4-2;2*1-2-3-4(5,6)7;/h3-12H2,1-2H3;2*1-3H2;. The molecule has 0 spiro atoms. The second kappa shape index (κ2) is 20.6. The Morgan fingerprint density at radius 1 is 0.571 bits per heavy atom. The van der Waals surface area contributed by atoms with Gasteiger partial charge >= 0.3 is 94.4 Å². The molecule has 170 valence electrons. The van der Waals surface area contributed by atoms with E-state index in [9.17, 15) is 26.3 Å². The average molecular weight is 527 g/mol. The van der Waals surface area contributed by atoms with Gasteiger partial charge in [-0.2, -0.15) is 0 Å². The number of alkyl halides is 6. The Labute approximate surface area is 177 Å². The first-order valence-corrected chi connectivity index (χ1v) is 14.6. The topological polar surface area (TPSA) is 9.23 Å². The molecule has 0 bridgehead atoms. The van der Waals surface area contributed by atoms with Gasteiger partial charge in [-0.3, -0.25) is 0 Å². The molecule has 0 aromatic rings. The van der Waals surface area contributed by atoms with Crippen molar-refractivity contribution >= 4 is 21.1 Å². The number of rotatable bonds is 16. The molecule has 0 saturated carbocycles. The molecule has 0 aromatic carbocycles. The van der Waals surface area contributed by atoms with Crippen LogP contribution in [-0.4, -0.2) is 46.7 Å². The summed E-state index contributed by atoms with van der Waals surface area (Å²) in [5, 5.41) is 0. The molecule has 0 aliphatic heterocycles. The number of halogens is 6. The van der Waals surface area contributed by atoms with E-state index in [4.69, 9.17) is 4.74 Å². The first-order chi connectivity index (χ1) is 13.1. The number of unbranched alkanes of at least 4 members (excludes halogenated alkanes) is 6. The Balaban J connectivity index is 0. The van der Waals surface area contributed by atoms with E-state index in [1.807, 2.05) is 0 Å². The van der Waals surface area contributed by atoms with Gasteiger partial charge in [-0.15, -0.1) is 0 Å². The van der Waals surface area contributed by atoms with Crippen molar-refractivity contribution in [3.8, 4) is 0 Å². The third kappa shape index (κ3) is 33.9. The molecule has 0 aliphatic rings. The van der Waals surface area contributed by atoms with Crippen LogP contribution >= 0.6 is 0 Å². The molecule has 2 radical (unpaired) electrons. The third-order valence-electron chi connectivity index (χ3n) is 3.91. The minimum absolute atomic E-state index is 0.0850. The van der Waals surface area contributed by atoms with Crippen LogP contribution in [0.15, 0.2) is 0 Å². The van der Waals surface area contributed by atoms with Crippen molar-refractivity contribution in [2.24, 2.45) is 0 Å². The van der Waals surface area contributed by atoms with E-state index >= 15 is 0 Å². The van der Waals surface area contributed by atoms with Crippen molar-refractivity contribution in [2.45, 2.75) is 112 Å². The van der Waals surface area contributed by atoms with Crippen LogP contribution in [-0.2, 0) is 4.74 Å². The summed E-state index contributed by atoms with van der Waals surface area (Å²) < 4.78 is 76.5. The van der Waals surface area contributed by atoms with Gasteiger partial charge in [0.2, 0.25) is 0 Å². The SMILES string of the molecule is CCCCCCOCCCCCC.FC(F)(F)CC[CH2][Sn][CH2]CCC(F)(F)F. The van der Waals surface area contributed by atoms with Crippen LogP contribution in [0.2, 0.25) is 8.87 Å². The van der Waals surface area contributed by atoms with Crippen LogP contribution in [0.5, 0.6) is 0 Å². The Kier molecular flexibility index (Phi) is 22.5. The van der Waals surface area contributed by atoms with Crippen molar-refractivity contribution in [1.29, 1.82) is 0 Å². The zero-order valence-corrected chi connectivity index (χ0v) is 20.3. The van der Waals surface area contributed by atoms with Gasteiger partial charge in [0.1, 0.15) is 0 Å². The third-order valence-corrected chi connectivity index (χ3v) is 7.95. The molecule has 0 saturated heterocycles. The Morgan fingerprint density at radius 2 is 0.964 bits per heavy atom. The summed E-state index contributed by atoms with van der Waals surface area (Å²) in [5.41, 5.74) is 0. The molecular weight excluding hydrogens is 489 g/mol. The molecule has 0 fully saturated rings. The number of hydrogen-bond donors (Lipinski definition) is 0. The van der Waals surface area contributed by atoms with Crippen molar-refractivity contribution in [1.82, 2.24) is 0 Å². The van der Waals surface area contributed by atoms with Gasteiger partial charge in [0.15, 0.2) is 0 Å². The van der Waals surface area contributed by atoms with Crippen LogP contribution < -0.4 is 0 Å². The van der Waals surface area contributed by atoms with Crippen molar-refractivity contribution in [3.63, 3.8) is 0 Å². The first-order valence-electron chi connectivity index (χ1n) is 10.5. The predicted octanol–water partition coefficient (Wildman–Crippen LogP) is 8.38. The average Bonchev–Trinajstić information content (AvgIpc) is 2.58. The second-order valence-electron chi connectivity index (χ2n) is 6.92. The van der Waals surface area contributed by atoms with E-state index in [1.54, 1.807) is 0 Å². The molecule has 0 rings (SSSR count). The van der Waals surface area contributed by atoms with Crippen molar-refractivity contribution in [3.05, 3.63) is 0 Å². The summed E-state index contributed by atoms with van der Waals surface area (Å²) in [6.45, 7) is 6.44. The van der Waals surface area contributed by atoms with Crippen molar-refractivity contribution in [2.75, 3.05) is 13.2 Å². The minimum atomic E-state index is -4.12. The first kappa shape index (κ1) is 30.5. The van der Waals surface area contributed by atoms with Crippen LogP contribution in [0.4, 0.5) is 26.3 Å². The van der Waals surface area contributed by atoms with Gasteiger partial charge in [-0.1, -0.05) is 52.4 Å². The quantitative estimate of drug-likeness (QED) is 0.111. The van der Waals surface area contributed by atoms with E-state index in [0.29, 0.717) is 8.87 Å². The van der Waals surface area contributed by atoms with Gasteiger partial charge < -0.3 is 4.74 Å². The molecule has 0 N–H and O–H groups in total. The maximum absolute atomic E-state index is 11.7. The summed E-state index contributed by atoms with van der Waals surface area (Å²) in [5.74, 6) is 0. The van der Waals surface area contributed by atoms with Gasteiger partial charge in [-0.05, 0) is 12.8 Å². The maximum atomic E-state index is 11.7. The molecular formula is C20H38F6OSn. The van der Waals surface area contributed by atoms with Crippen LogP contribution in [0, 0.1) is 0 Å². The summed E-state index contributed by atoms with van der Waals surface area (Å²) in [4.78, 5) is 0. The van der Waals surface area contributed by atoms with Crippen LogP contribution in [0.1, 0.15) is 90.9 Å². The fourth-order valence-electron chi connectivity index (χ4n) is 2.32. The van der Waals surface area contributed by atoms with Gasteiger partial charge in [-0.25, -0.2) is 0 Å². The molecule has 0 aromatic heterocycles. The molecule has 1 nitrogen and oxygen atoms in total. The fourth-order valence-corrected chi connectivity index (χ4v) is 5.47. The Hall–Kier alpha value is 0.339. The monoisotopic (exact) mass is 528 g/mol. The van der Waals surface area contributed by atoms with Crippen LogP contribution in [0.3, 0.4) is 0 Å². The Morgan fingerprint density at radius 3 is 1.29 bits per heavy atom. The van der Waals surface area contributed by atoms with E-state index in [2.05, 4.69) is 13.8 Å². The Bertz CT molecular complexity index is 280. The molecule has 0 heterocycles. The van der Waals surface area contributed by atoms with Crippen molar-refractivity contribution < 1.29 is 31.1 Å². The van der Waals surface area contributed by atoms with Gasteiger partial charge in [0.05, 0.1) is 0 Å². The second-order valence-corrected chi connectivity index (χ2v) is 11.2. The fraction of sp³-hybridized carbons (Fsp3) is 1.00. The number of hydrogen-bond acceptors (Lipinski definition) is 1. The van der Waals surface area contributed by atoms with E-state index < -0.39 is 46.3 Å². The molecule has 0 aliphatic carbocycles. The molecule has 8 heteroatoms.